The first-order valence-corrected chi connectivity index (χ1v) is 4.38. The number of hydrogen-bond donors (Lipinski definition) is 1. The topological polar surface area (TPSA) is 33.5 Å². The van der Waals surface area contributed by atoms with Crippen LogP contribution in [0.25, 0.3) is 4.85 Å². The number of rotatable bonds is 3. The van der Waals surface area contributed by atoms with Gasteiger partial charge in [-0.1, -0.05) is 24.3 Å². The summed E-state index contributed by atoms with van der Waals surface area (Å²) in [6, 6.07) is 7.85. The standard InChI is InChI=1S/C11H12N2O/c1-9-5-3-4-6-10(9)7-13-11(14)8-12-2/h3-6H,7-8H2,1H3,(H,13,14). The molecule has 0 aromatic heterocycles. The van der Waals surface area contributed by atoms with Crippen molar-refractivity contribution in [2.75, 3.05) is 6.54 Å². The van der Waals surface area contributed by atoms with Crippen molar-refractivity contribution in [1.29, 1.82) is 0 Å². The van der Waals surface area contributed by atoms with E-state index in [-0.39, 0.29) is 12.5 Å². The summed E-state index contributed by atoms with van der Waals surface area (Å²) < 4.78 is 0. The van der Waals surface area contributed by atoms with Gasteiger partial charge in [-0.2, -0.15) is 0 Å². The Hall–Kier alpha value is -1.82. The Morgan fingerprint density at radius 1 is 1.50 bits per heavy atom. The molecule has 0 aliphatic carbocycles. The zero-order valence-corrected chi connectivity index (χ0v) is 8.08. The number of benzene rings is 1. The number of carbonyl (C=O) groups excluding carboxylic acids is 1. The van der Waals surface area contributed by atoms with E-state index in [9.17, 15) is 4.79 Å². The molecule has 1 aromatic carbocycles. The molecular formula is C11H12N2O. The van der Waals surface area contributed by atoms with Crippen LogP contribution in [0.5, 0.6) is 0 Å². The van der Waals surface area contributed by atoms with Crippen molar-refractivity contribution < 1.29 is 4.79 Å². The fraction of sp³-hybridized carbons (Fsp3) is 0.273. The lowest BCUT2D eigenvalue weighted by molar-refractivity contribution is -0.119. The molecule has 0 atom stereocenters. The quantitative estimate of drug-likeness (QED) is 0.717. The first-order chi connectivity index (χ1) is 6.74. The van der Waals surface area contributed by atoms with E-state index in [4.69, 9.17) is 6.57 Å². The first kappa shape index (κ1) is 10.3. The molecule has 0 bridgehead atoms. The van der Waals surface area contributed by atoms with Gasteiger partial charge in [0.25, 0.3) is 12.5 Å². The van der Waals surface area contributed by atoms with Gasteiger partial charge >= 0.3 is 0 Å². The van der Waals surface area contributed by atoms with Crippen LogP contribution in [0.4, 0.5) is 0 Å². The summed E-state index contributed by atoms with van der Waals surface area (Å²) in [4.78, 5) is 14.0. The van der Waals surface area contributed by atoms with Crippen LogP contribution in [0.1, 0.15) is 11.1 Å². The molecule has 1 N–H and O–H groups in total. The second-order valence-corrected chi connectivity index (χ2v) is 3.02. The fourth-order valence-electron chi connectivity index (χ4n) is 1.13. The zero-order valence-electron chi connectivity index (χ0n) is 8.08. The normalized spacial score (nSPS) is 9.14. The van der Waals surface area contributed by atoms with Crippen LogP contribution in [0.2, 0.25) is 0 Å². The highest BCUT2D eigenvalue weighted by molar-refractivity contribution is 5.79. The van der Waals surface area contributed by atoms with Crippen LogP contribution in [-0.2, 0) is 11.3 Å². The van der Waals surface area contributed by atoms with Gasteiger partial charge in [0.15, 0.2) is 0 Å². The molecule has 0 aliphatic heterocycles. The van der Waals surface area contributed by atoms with E-state index in [0.717, 1.165) is 11.1 Å². The summed E-state index contributed by atoms with van der Waals surface area (Å²) in [7, 11) is 0. The molecule has 0 saturated heterocycles. The molecule has 0 saturated carbocycles. The van der Waals surface area contributed by atoms with Crippen molar-refractivity contribution in [3.05, 3.63) is 46.8 Å². The van der Waals surface area contributed by atoms with Crippen LogP contribution >= 0.6 is 0 Å². The van der Waals surface area contributed by atoms with Crippen molar-refractivity contribution >= 4 is 5.91 Å². The minimum absolute atomic E-state index is 0.0914. The van der Waals surface area contributed by atoms with Gasteiger partial charge in [-0.05, 0) is 18.1 Å². The van der Waals surface area contributed by atoms with Gasteiger partial charge in [0.05, 0.1) is 0 Å². The van der Waals surface area contributed by atoms with Gasteiger partial charge in [0.2, 0.25) is 0 Å². The first-order valence-electron chi connectivity index (χ1n) is 4.38. The molecule has 72 valence electrons. The van der Waals surface area contributed by atoms with Gasteiger partial charge in [-0.15, -0.1) is 0 Å². The van der Waals surface area contributed by atoms with Crippen LogP contribution in [0.3, 0.4) is 0 Å². The minimum Gasteiger partial charge on any atom is -0.346 e. The van der Waals surface area contributed by atoms with Gasteiger partial charge in [-0.25, -0.2) is 6.57 Å². The van der Waals surface area contributed by atoms with E-state index >= 15 is 0 Å². The lowest BCUT2D eigenvalue weighted by Crippen LogP contribution is -2.24. The molecule has 1 rings (SSSR count). The third-order valence-electron chi connectivity index (χ3n) is 1.96. The summed E-state index contributed by atoms with van der Waals surface area (Å²) in [5.74, 6) is -0.219. The third-order valence-corrected chi connectivity index (χ3v) is 1.96. The van der Waals surface area contributed by atoms with Crippen molar-refractivity contribution in [2.45, 2.75) is 13.5 Å². The van der Waals surface area contributed by atoms with Gasteiger partial charge in [0, 0.05) is 6.54 Å². The summed E-state index contributed by atoms with van der Waals surface area (Å²) in [5.41, 5.74) is 2.24. The highest BCUT2D eigenvalue weighted by atomic mass is 16.1. The van der Waals surface area contributed by atoms with Gasteiger partial charge in [-0.3, -0.25) is 4.79 Å². The highest BCUT2D eigenvalue weighted by Crippen LogP contribution is 2.05. The second-order valence-electron chi connectivity index (χ2n) is 3.02. The predicted molar refractivity (Wildman–Crippen MR) is 54.5 cm³/mol. The van der Waals surface area contributed by atoms with Crippen molar-refractivity contribution in [1.82, 2.24) is 5.32 Å². The molecule has 0 radical (unpaired) electrons. The van der Waals surface area contributed by atoms with E-state index in [1.807, 2.05) is 31.2 Å². The molecule has 14 heavy (non-hydrogen) atoms. The molecule has 0 unspecified atom stereocenters. The lowest BCUT2D eigenvalue weighted by atomic mass is 10.1. The van der Waals surface area contributed by atoms with Crippen LogP contribution in [0, 0.1) is 13.5 Å². The number of hydrogen-bond acceptors (Lipinski definition) is 1. The molecule has 3 heteroatoms. The van der Waals surface area contributed by atoms with Crippen molar-refractivity contribution in [3.8, 4) is 0 Å². The smallest absolute Gasteiger partial charge is 0.300 e. The Labute approximate surface area is 83.6 Å². The average molecular weight is 188 g/mol. The average Bonchev–Trinajstić information content (AvgIpc) is 2.17. The summed E-state index contributed by atoms with van der Waals surface area (Å²) >= 11 is 0. The second kappa shape index (κ2) is 5.03. The molecule has 0 fully saturated rings. The number of nitrogens with zero attached hydrogens (tertiary/aromatic N) is 1. The maximum absolute atomic E-state index is 11.0. The Morgan fingerprint density at radius 3 is 2.86 bits per heavy atom. The van der Waals surface area contributed by atoms with E-state index in [2.05, 4.69) is 10.2 Å². The van der Waals surface area contributed by atoms with E-state index in [1.54, 1.807) is 0 Å². The molecule has 3 nitrogen and oxygen atoms in total. The maximum atomic E-state index is 11.0. The summed E-state index contributed by atoms with van der Waals surface area (Å²) in [6.45, 7) is 8.93. The molecule has 1 aromatic rings. The highest BCUT2D eigenvalue weighted by Gasteiger charge is 2.03. The fourth-order valence-corrected chi connectivity index (χ4v) is 1.13. The SMILES string of the molecule is [C-]#[N+]CC(=O)NCc1ccccc1C. The molecular weight excluding hydrogens is 176 g/mol. The van der Waals surface area contributed by atoms with Gasteiger partial charge < -0.3 is 10.2 Å². The number of carbonyl (C=O) groups is 1. The van der Waals surface area contributed by atoms with Crippen molar-refractivity contribution in [2.24, 2.45) is 0 Å². The monoisotopic (exact) mass is 188 g/mol. The van der Waals surface area contributed by atoms with Crippen LogP contribution < -0.4 is 5.32 Å². The zero-order chi connectivity index (χ0) is 10.4. The molecule has 0 aliphatic rings. The Kier molecular flexibility index (Phi) is 3.69. The van der Waals surface area contributed by atoms with Crippen molar-refractivity contribution in [3.63, 3.8) is 0 Å². The lowest BCUT2D eigenvalue weighted by Gasteiger charge is -2.04. The number of aryl methyl sites for hydroxylation is 1. The minimum atomic E-state index is -0.219. The summed E-state index contributed by atoms with van der Waals surface area (Å²) in [5, 5.41) is 2.69. The molecule has 1 amide bonds. The summed E-state index contributed by atoms with van der Waals surface area (Å²) in [6.07, 6.45) is 0. The van der Waals surface area contributed by atoms with E-state index < -0.39 is 0 Å². The Balaban J connectivity index is 2.51. The largest absolute Gasteiger partial charge is 0.346 e. The Bertz CT molecular complexity index is 366. The van der Waals surface area contributed by atoms with Crippen LogP contribution in [-0.4, -0.2) is 12.5 Å². The van der Waals surface area contributed by atoms with E-state index in [1.165, 1.54) is 0 Å². The third kappa shape index (κ3) is 2.91. The molecule has 0 spiro atoms. The van der Waals surface area contributed by atoms with Crippen LogP contribution in [0.15, 0.2) is 24.3 Å². The Morgan fingerprint density at radius 2 is 2.21 bits per heavy atom. The predicted octanol–water partition coefficient (Wildman–Crippen LogP) is 1.53. The number of amides is 1. The van der Waals surface area contributed by atoms with E-state index in [0.29, 0.717) is 6.54 Å². The molecule has 0 heterocycles. The number of nitrogens with one attached hydrogen (secondary N) is 1. The maximum Gasteiger partial charge on any atom is 0.300 e. The van der Waals surface area contributed by atoms with Gasteiger partial charge in [0.1, 0.15) is 0 Å².